The van der Waals surface area contributed by atoms with Gasteiger partial charge >= 0.3 is 0 Å². The second-order valence-electron chi connectivity index (χ2n) is 5.53. The fourth-order valence-electron chi connectivity index (χ4n) is 3.22. The molecule has 1 aliphatic carbocycles. The lowest BCUT2D eigenvalue weighted by Gasteiger charge is -2.32. The fraction of sp³-hybridized carbons (Fsp3) is 0.333. The van der Waals surface area contributed by atoms with Crippen molar-refractivity contribution in [1.29, 1.82) is 0 Å². The highest BCUT2D eigenvalue weighted by atomic mass is 79.9. The minimum Gasteiger partial charge on any atom is -0.496 e. The maximum Gasteiger partial charge on any atom is 0.248 e. The number of halogens is 1. The average Bonchev–Trinajstić information content (AvgIpc) is 3.01. The number of ether oxygens (including phenoxy) is 1. The number of allylic oxidation sites excluding steroid dienone is 2. The van der Waals surface area contributed by atoms with E-state index < -0.39 is 0 Å². The number of fused-ring (bicyclic) bond motifs is 1. The molecule has 0 saturated heterocycles. The molecule has 1 atom stereocenters. The summed E-state index contributed by atoms with van der Waals surface area (Å²) in [6.45, 7) is 0. The molecule has 0 amide bonds. The Morgan fingerprint density at radius 1 is 1.39 bits per heavy atom. The van der Waals surface area contributed by atoms with Crippen molar-refractivity contribution in [2.75, 3.05) is 12.4 Å². The number of benzene rings is 1. The van der Waals surface area contributed by atoms with Crippen molar-refractivity contribution < 1.29 is 9.53 Å². The van der Waals surface area contributed by atoms with Gasteiger partial charge in [0.05, 0.1) is 7.11 Å². The fourth-order valence-corrected chi connectivity index (χ4v) is 3.60. The van der Waals surface area contributed by atoms with Crippen LogP contribution in [0.25, 0.3) is 0 Å². The number of nitrogens with one attached hydrogen (secondary N) is 1. The van der Waals surface area contributed by atoms with E-state index in [0.29, 0.717) is 18.1 Å². The van der Waals surface area contributed by atoms with Crippen LogP contribution in [0.3, 0.4) is 0 Å². The summed E-state index contributed by atoms with van der Waals surface area (Å²) in [7, 11) is 1.62. The summed E-state index contributed by atoms with van der Waals surface area (Å²) in [6.07, 6.45) is 2.21. The first-order valence-electron chi connectivity index (χ1n) is 7.33. The van der Waals surface area contributed by atoms with Crippen molar-refractivity contribution in [3.8, 4) is 5.75 Å². The van der Waals surface area contributed by atoms with E-state index in [-0.39, 0.29) is 11.8 Å². The van der Waals surface area contributed by atoms with Crippen LogP contribution in [-0.2, 0) is 4.79 Å². The summed E-state index contributed by atoms with van der Waals surface area (Å²) in [6, 6.07) is 5.35. The number of nitrogens with zero attached hydrogens (tertiary/aromatic N) is 4. The molecule has 1 aliphatic heterocycles. The number of carbonyl (C=O) groups excluding carboxylic acids is 1. The van der Waals surface area contributed by atoms with E-state index in [0.717, 1.165) is 34.1 Å². The predicted octanol–water partition coefficient (Wildman–Crippen LogP) is 2.47. The highest BCUT2D eigenvalue weighted by Crippen LogP contribution is 2.42. The van der Waals surface area contributed by atoms with Gasteiger partial charge in [0.1, 0.15) is 11.8 Å². The number of Topliss-reactive ketones (excluding diaryl/α,β-unsaturated/α-hetero) is 1. The second-order valence-corrected chi connectivity index (χ2v) is 6.45. The Morgan fingerprint density at radius 2 is 2.26 bits per heavy atom. The van der Waals surface area contributed by atoms with Crippen molar-refractivity contribution in [2.24, 2.45) is 0 Å². The molecule has 1 N–H and O–H groups in total. The third-order valence-electron chi connectivity index (χ3n) is 4.22. The number of methoxy groups -OCH3 is 1. The summed E-state index contributed by atoms with van der Waals surface area (Å²) >= 11 is 3.49. The van der Waals surface area contributed by atoms with Crippen LogP contribution in [0.5, 0.6) is 5.75 Å². The van der Waals surface area contributed by atoms with Gasteiger partial charge in [0.15, 0.2) is 5.78 Å². The molecule has 2 aliphatic rings. The zero-order valence-corrected chi connectivity index (χ0v) is 14.0. The molecule has 2 heterocycles. The standard InChI is InChI=1S/C15H14BrN5O2/c1-23-12-6-5-8(16)7-9(12)14-13-10(3-2-4-11(13)22)17-15-18-19-20-21(14)15/h5-7,14H,2-4H2,1H3,(H,17,18,20). The molecular weight excluding hydrogens is 362 g/mol. The molecule has 7 nitrogen and oxygen atoms in total. The molecule has 0 radical (unpaired) electrons. The Hall–Kier alpha value is -2.22. The zero-order chi connectivity index (χ0) is 16.0. The molecular formula is C15H14BrN5O2. The van der Waals surface area contributed by atoms with Gasteiger partial charge in [-0.3, -0.25) is 4.79 Å². The first-order valence-corrected chi connectivity index (χ1v) is 8.13. The summed E-state index contributed by atoms with van der Waals surface area (Å²) in [4.78, 5) is 12.6. The molecule has 118 valence electrons. The number of hydrogen-bond donors (Lipinski definition) is 1. The largest absolute Gasteiger partial charge is 0.496 e. The highest BCUT2D eigenvalue weighted by Gasteiger charge is 2.37. The van der Waals surface area contributed by atoms with E-state index in [1.807, 2.05) is 18.2 Å². The van der Waals surface area contributed by atoms with Crippen LogP contribution >= 0.6 is 15.9 Å². The highest BCUT2D eigenvalue weighted by molar-refractivity contribution is 9.10. The van der Waals surface area contributed by atoms with Gasteiger partial charge in [-0.25, -0.2) is 0 Å². The molecule has 2 aromatic rings. The Labute approximate surface area is 140 Å². The summed E-state index contributed by atoms with van der Waals surface area (Å²) in [5.74, 6) is 1.38. The number of aromatic nitrogens is 4. The molecule has 1 unspecified atom stereocenters. The number of anilines is 1. The maximum atomic E-state index is 12.6. The number of rotatable bonds is 2. The van der Waals surface area contributed by atoms with Crippen molar-refractivity contribution in [3.63, 3.8) is 0 Å². The first-order chi connectivity index (χ1) is 11.2. The maximum absolute atomic E-state index is 12.6. The summed E-state index contributed by atoms with van der Waals surface area (Å²) in [5, 5.41) is 15.0. The Morgan fingerprint density at radius 3 is 3.09 bits per heavy atom. The molecule has 1 aromatic heterocycles. The van der Waals surface area contributed by atoms with Gasteiger partial charge in [0.2, 0.25) is 5.95 Å². The van der Waals surface area contributed by atoms with Gasteiger partial charge in [-0.1, -0.05) is 21.0 Å². The first kappa shape index (κ1) is 14.4. The van der Waals surface area contributed by atoms with Crippen molar-refractivity contribution in [3.05, 3.63) is 39.5 Å². The normalized spacial score (nSPS) is 19.9. The smallest absolute Gasteiger partial charge is 0.248 e. The number of ketones is 1. The van der Waals surface area contributed by atoms with Crippen LogP contribution in [-0.4, -0.2) is 33.1 Å². The average molecular weight is 376 g/mol. The van der Waals surface area contributed by atoms with E-state index in [1.165, 1.54) is 0 Å². The molecule has 23 heavy (non-hydrogen) atoms. The Kier molecular flexibility index (Phi) is 3.41. The predicted molar refractivity (Wildman–Crippen MR) is 86.2 cm³/mol. The van der Waals surface area contributed by atoms with Gasteiger partial charge in [0.25, 0.3) is 0 Å². The molecule has 8 heteroatoms. The van der Waals surface area contributed by atoms with Crippen LogP contribution < -0.4 is 10.1 Å². The molecule has 0 saturated carbocycles. The number of carbonyl (C=O) groups is 1. The summed E-state index contributed by atoms with van der Waals surface area (Å²) < 4.78 is 8.06. The van der Waals surface area contributed by atoms with Gasteiger partial charge in [-0.2, -0.15) is 4.68 Å². The summed E-state index contributed by atoms with van der Waals surface area (Å²) in [5.41, 5.74) is 2.50. The molecule has 0 spiro atoms. The van der Waals surface area contributed by atoms with Gasteiger partial charge in [0, 0.05) is 27.7 Å². The van der Waals surface area contributed by atoms with E-state index in [4.69, 9.17) is 4.74 Å². The van der Waals surface area contributed by atoms with E-state index >= 15 is 0 Å². The van der Waals surface area contributed by atoms with Crippen LogP contribution in [0.1, 0.15) is 30.9 Å². The third-order valence-corrected chi connectivity index (χ3v) is 4.71. The van der Waals surface area contributed by atoms with Crippen molar-refractivity contribution >= 4 is 27.7 Å². The lowest BCUT2D eigenvalue weighted by molar-refractivity contribution is -0.116. The van der Waals surface area contributed by atoms with Crippen molar-refractivity contribution in [2.45, 2.75) is 25.3 Å². The topological polar surface area (TPSA) is 81.9 Å². The van der Waals surface area contributed by atoms with Crippen LogP contribution in [0.15, 0.2) is 33.9 Å². The van der Waals surface area contributed by atoms with Gasteiger partial charge < -0.3 is 10.1 Å². The second kappa shape index (κ2) is 5.45. The van der Waals surface area contributed by atoms with Crippen LogP contribution in [0.2, 0.25) is 0 Å². The monoisotopic (exact) mass is 375 g/mol. The SMILES string of the molecule is COc1ccc(Br)cc1C1C2=C(CCCC2=O)Nc2nnnn21. The number of hydrogen-bond acceptors (Lipinski definition) is 6. The molecule has 0 bridgehead atoms. The molecule has 0 fully saturated rings. The van der Waals surface area contributed by atoms with E-state index in [2.05, 4.69) is 36.8 Å². The lowest BCUT2D eigenvalue weighted by Crippen LogP contribution is -2.31. The zero-order valence-electron chi connectivity index (χ0n) is 12.4. The molecule has 1 aromatic carbocycles. The van der Waals surface area contributed by atoms with E-state index in [9.17, 15) is 4.79 Å². The van der Waals surface area contributed by atoms with Crippen molar-refractivity contribution in [1.82, 2.24) is 20.2 Å². The van der Waals surface area contributed by atoms with Gasteiger partial charge in [-0.15, -0.1) is 0 Å². The Bertz CT molecular complexity index is 829. The van der Waals surface area contributed by atoms with Gasteiger partial charge in [-0.05, 0) is 41.5 Å². The minimum atomic E-state index is -0.378. The Balaban J connectivity index is 1.96. The number of tetrazole rings is 1. The minimum absolute atomic E-state index is 0.131. The molecule has 4 rings (SSSR count). The van der Waals surface area contributed by atoms with E-state index in [1.54, 1.807) is 11.8 Å². The third kappa shape index (κ3) is 2.24. The van der Waals surface area contributed by atoms with Crippen LogP contribution in [0.4, 0.5) is 5.95 Å². The lowest BCUT2D eigenvalue weighted by atomic mass is 9.85. The van der Waals surface area contributed by atoms with Crippen LogP contribution in [0, 0.1) is 0 Å². The quantitative estimate of drug-likeness (QED) is 0.867.